The summed E-state index contributed by atoms with van der Waals surface area (Å²) in [5.41, 5.74) is 1.67. The molecule has 138 valence electrons. The third kappa shape index (κ3) is 5.74. The Balaban J connectivity index is 1.84. The Labute approximate surface area is 154 Å². The van der Waals surface area contributed by atoms with Crippen molar-refractivity contribution in [3.05, 3.63) is 71.8 Å². The van der Waals surface area contributed by atoms with Crippen LogP contribution in [0.15, 0.2) is 65.6 Å². The maximum atomic E-state index is 12.2. The molecular weight excluding hydrogens is 350 g/mol. The molecule has 0 fully saturated rings. The lowest BCUT2D eigenvalue weighted by molar-refractivity contribution is 0.141. The smallest absolute Gasteiger partial charge is 0.407 e. The number of carbonyl (C=O) groups excluding carboxylic acids is 1. The number of hydrogen-bond acceptors (Lipinski definition) is 4. The van der Waals surface area contributed by atoms with E-state index >= 15 is 0 Å². The van der Waals surface area contributed by atoms with E-state index < -0.39 is 21.2 Å². The van der Waals surface area contributed by atoms with Crippen LogP contribution >= 0.6 is 0 Å². The monoisotopic (exact) mass is 373 g/mol. The zero-order valence-corrected chi connectivity index (χ0v) is 15.7. The SMILES string of the molecule is CC(C)S(=O)(=O)c1cccc(C=CCNC(=O)OCc2ccccc2)c1. The van der Waals surface area contributed by atoms with Crippen molar-refractivity contribution in [1.29, 1.82) is 0 Å². The Morgan fingerprint density at radius 1 is 1.12 bits per heavy atom. The molecule has 1 amide bonds. The van der Waals surface area contributed by atoms with Crippen molar-refractivity contribution in [2.24, 2.45) is 0 Å². The number of ether oxygens (including phenoxy) is 1. The summed E-state index contributed by atoms with van der Waals surface area (Å²) in [5, 5.41) is 2.15. The number of sulfone groups is 1. The molecule has 0 saturated heterocycles. The van der Waals surface area contributed by atoms with Gasteiger partial charge in [0.25, 0.3) is 0 Å². The van der Waals surface area contributed by atoms with Gasteiger partial charge in [0, 0.05) is 6.54 Å². The summed E-state index contributed by atoms with van der Waals surface area (Å²) in [6, 6.07) is 16.2. The van der Waals surface area contributed by atoms with E-state index in [1.165, 1.54) is 0 Å². The van der Waals surface area contributed by atoms with Gasteiger partial charge in [-0.3, -0.25) is 0 Å². The summed E-state index contributed by atoms with van der Waals surface area (Å²) < 4.78 is 29.5. The zero-order chi connectivity index (χ0) is 19.0. The molecule has 0 spiro atoms. The molecule has 5 nitrogen and oxygen atoms in total. The summed E-state index contributed by atoms with van der Waals surface area (Å²) in [6.45, 7) is 3.81. The summed E-state index contributed by atoms with van der Waals surface area (Å²) in [7, 11) is -3.30. The second-order valence-electron chi connectivity index (χ2n) is 6.01. The Morgan fingerprint density at radius 2 is 1.85 bits per heavy atom. The quantitative estimate of drug-likeness (QED) is 0.801. The average molecular weight is 373 g/mol. The maximum absolute atomic E-state index is 12.2. The minimum atomic E-state index is -3.30. The van der Waals surface area contributed by atoms with Gasteiger partial charge in [-0.2, -0.15) is 0 Å². The molecule has 0 aliphatic carbocycles. The molecule has 2 rings (SSSR count). The van der Waals surface area contributed by atoms with E-state index in [4.69, 9.17) is 4.74 Å². The van der Waals surface area contributed by atoms with Crippen LogP contribution < -0.4 is 5.32 Å². The van der Waals surface area contributed by atoms with E-state index in [1.807, 2.05) is 36.4 Å². The van der Waals surface area contributed by atoms with Gasteiger partial charge in [0.2, 0.25) is 0 Å². The second kappa shape index (κ2) is 9.20. The predicted octanol–water partition coefficient (Wildman–Crippen LogP) is 3.81. The van der Waals surface area contributed by atoms with Crippen molar-refractivity contribution >= 4 is 22.0 Å². The first-order chi connectivity index (χ1) is 12.4. The van der Waals surface area contributed by atoms with Crippen LogP contribution in [-0.2, 0) is 21.2 Å². The highest BCUT2D eigenvalue weighted by atomic mass is 32.2. The number of amides is 1. The van der Waals surface area contributed by atoms with E-state index in [9.17, 15) is 13.2 Å². The number of nitrogens with one attached hydrogen (secondary N) is 1. The zero-order valence-electron chi connectivity index (χ0n) is 14.9. The van der Waals surface area contributed by atoms with E-state index in [1.54, 1.807) is 44.2 Å². The van der Waals surface area contributed by atoms with Crippen molar-refractivity contribution in [2.75, 3.05) is 6.54 Å². The normalized spacial score (nSPS) is 11.7. The fourth-order valence-corrected chi connectivity index (χ4v) is 3.29. The molecule has 0 radical (unpaired) electrons. The second-order valence-corrected chi connectivity index (χ2v) is 8.52. The fraction of sp³-hybridized carbons (Fsp3) is 0.250. The first-order valence-corrected chi connectivity index (χ1v) is 9.89. The van der Waals surface area contributed by atoms with Gasteiger partial charge in [-0.05, 0) is 37.1 Å². The Kier molecular flexibility index (Phi) is 6.97. The van der Waals surface area contributed by atoms with Crippen LogP contribution in [0.5, 0.6) is 0 Å². The van der Waals surface area contributed by atoms with Crippen LogP contribution in [0.1, 0.15) is 25.0 Å². The van der Waals surface area contributed by atoms with Crippen molar-refractivity contribution in [3.63, 3.8) is 0 Å². The number of carbonyl (C=O) groups is 1. The fourth-order valence-electron chi connectivity index (χ4n) is 2.18. The van der Waals surface area contributed by atoms with Gasteiger partial charge in [-0.1, -0.05) is 54.6 Å². The highest BCUT2D eigenvalue weighted by Gasteiger charge is 2.18. The van der Waals surface area contributed by atoms with Crippen LogP contribution in [0.4, 0.5) is 4.79 Å². The van der Waals surface area contributed by atoms with Crippen molar-refractivity contribution < 1.29 is 17.9 Å². The molecule has 2 aromatic carbocycles. The van der Waals surface area contributed by atoms with Crippen molar-refractivity contribution in [3.8, 4) is 0 Å². The van der Waals surface area contributed by atoms with Crippen molar-refractivity contribution in [2.45, 2.75) is 30.6 Å². The lowest BCUT2D eigenvalue weighted by Crippen LogP contribution is -2.24. The molecule has 2 aromatic rings. The Bertz CT molecular complexity index is 858. The molecule has 0 atom stereocenters. The number of rotatable bonds is 7. The van der Waals surface area contributed by atoms with Crippen LogP contribution in [0, 0.1) is 0 Å². The lowest BCUT2D eigenvalue weighted by Gasteiger charge is -2.08. The average Bonchev–Trinajstić information content (AvgIpc) is 2.64. The molecule has 0 aliphatic heterocycles. The Morgan fingerprint density at radius 3 is 2.54 bits per heavy atom. The van der Waals surface area contributed by atoms with Gasteiger partial charge in [0.05, 0.1) is 10.1 Å². The molecule has 0 saturated carbocycles. The van der Waals surface area contributed by atoms with E-state index in [2.05, 4.69) is 5.32 Å². The summed E-state index contributed by atoms with van der Waals surface area (Å²) in [4.78, 5) is 11.9. The largest absolute Gasteiger partial charge is 0.445 e. The number of hydrogen-bond donors (Lipinski definition) is 1. The van der Waals surface area contributed by atoms with Gasteiger partial charge >= 0.3 is 6.09 Å². The number of benzene rings is 2. The lowest BCUT2D eigenvalue weighted by atomic mass is 10.2. The molecule has 6 heteroatoms. The molecule has 0 aliphatic rings. The van der Waals surface area contributed by atoms with Crippen LogP contribution in [-0.4, -0.2) is 26.3 Å². The minimum absolute atomic E-state index is 0.214. The Hall–Kier alpha value is -2.60. The molecule has 26 heavy (non-hydrogen) atoms. The minimum Gasteiger partial charge on any atom is -0.445 e. The third-order valence-electron chi connectivity index (χ3n) is 3.69. The topological polar surface area (TPSA) is 72.5 Å². The molecule has 0 bridgehead atoms. The maximum Gasteiger partial charge on any atom is 0.407 e. The third-order valence-corrected chi connectivity index (χ3v) is 5.85. The molecule has 0 heterocycles. The highest BCUT2D eigenvalue weighted by Crippen LogP contribution is 2.17. The highest BCUT2D eigenvalue weighted by molar-refractivity contribution is 7.92. The predicted molar refractivity (Wildman–Crippen MR) is 102 cm³/mol. The van der Waals surface area contributed by atoms with Crippen LogP contribution in [0.25, 0.3) is 6.08 Å². The van der Waals surface area contributed by atoms with Crippen LogP contribution in [0.2, 0.25) is 0 Å². The van der Waals surface area contributed by atoms with E-state index in [-0.39, 0.29) is 13.2 Å². The molecular formula is C20H23NO4S. The van der Waals surface area contributed by atoms with Gasteiger partial charge in [0.15, 0.2) is 9.84 Å². The first kappa shape index (κ1) is 19.7. The first-order valence-electron chi connectivity index (χ1n) is 8.34. The van der Waals surface area contributed by atoms with E-state index in [0.717, 1.165) is 11.1 Å². The summed E-state index contributed by atoms with van der Waals surface area (Å²) >= 11 is 0. The van der Waals surface area contributed by atoms with Gasteiger partial charge in [-0.25, -0.2) is 13.2 Å². The standard InChI is InChI=1S/C20H23NO4S/c1-16(2)26(23,24)19-12-6-10-17(14-19)11-7-13-21-20(22)25-15-18-8-4-3-5-9-18/h3-12,14,16H,13,15H2,1-2H3,(H,21,22). The van der Waals surface area contributed by atoms with E-state index in [0.29, 0.717) is 4.90 Å². The molecule has 0 aromatic heterocycles. The van der Waals surface area contributed by atoms with Gasteiger partial charge in [0.1, 0.15) is 6.61 Å². The number of alkyl carbamates (subject to hydrolysis) is 1. The van der Waals surface area contributed by atoms with Crippen LogP contribution in [0.3, 0.4) is 0 Å². The summed E-state index contributed by atoms with van der Waals surface area (Å²) in [5.74, 6) is 0. The summed E-state index contributed by atoms with van der Waals surface area (Å²) in [6.07, 6.45) is 3.00. The van der Waals surface area contributed by atoms with Gasteiger partial charge in [-0.15, -0.1) is 0 Å². The van der Waals surface area contributed by atoms with Crippen molar-refractivity contribution in [1.82, 2.24) is 5.32 Å². The molecule has 0 unspecified atom stereocenters. The van der Waals surface area contributed by atoms with Gasteiger partial charge < -0.3 is 10.1 Å². The molecule has 1 N–H and O–H groups in total.